The average molecular weight is 297 g/mol. The lowest BCUT2D eigenvalue weighted by Crippen LogP contribution is -2.33. The Balaban J connectivity index is 1.51. The zero-order valence-electron chi connectivity index (χ0n) is 11.9. The summed E-state index contributed by atoms with van der Waals surface area (Å²) in [7, 11) is 0. The Hall–Kier alpha value is -2.63. The minimum atomic E-state index is -0.217. The minimum absolute atomic E-state index is 0.140. The van der Waals surface area contributed by atoms with Gasteiger partial charge in [-0.1, -0.05) is 35.5 Å². The first-order valence-corrected chi connectivity index (χ1v) is 7.34. The highest BCUT2D eigenvalue weighted by Crippen LogP contribution is 2.31. The van der Waals surface area contributed by atoms with Crippen molar-refractivity contribution in [3.05, 3.63) is 42.2 Å². The van der Waals surface area contributed by atoms with E-state index in [-0.39, 0.29) is 31.1 Å². The lowest BCUT2D eigenvalue weighted by molar-refractivity contribution is -0.125. The van der Waals surface area contributed by atoms with Crippen LogP contribution in [0.3, 0.4) is 0 Å². The first-order valence-electron chi connectivity index (χ1n) is 7.34. The number of urea groups is 1. The van der Waals surface area contributed by atoms with Gasteiger partial charge in [0.1, 0.15) is 12.2 Å². The van der Waals surface area contributed by atoms with Crippen LogP contribution in [-0.4, -0.2) is 39.5 Å². The van der Waals surface area contributed by atoms with Gasteiger partial charge in [0.05, 0.1) is 6.54 Å². The lowest BCUT2D eigenvalue weighted by Gasteiger charge is -2.14. The maximum absolute atomic E-state index is 12.2. The van der Waals surface area contributed by atoms with E-state index in [0.29, 0.717) is 11.5 Å². The summed E-state index contributed by atoms with van der Waals surface area (Å²) in [6, 6.07) is 11.4. The summed E-state index contributed by atoms with van der Waals surface area (Å²) in [6.45, 7) is 0.323. The van der Waals surface area contributed by atoms with Crippen LogP contribution in [0.15, 0.2) is 40.9 Å². The summed E-state index contributed by atoms with van der Waals surface area (Å²) >= 11 is 0. The second-order valence-corrected chi connectivity index (χ2v) is 5.67. The molecule has 0 unspecified atom stereocenters. The van der Waals surface area contributed by atoms with E-state index in [4.69, 9.17) is 4.52 Å². The quantitative estimate of drug-likeness (QED) is 0.812. The predicted octanol–water partition coefficient (Wildman–Crippen LogP) is 2.27. The van der Waals surface area contributed by atoms with Crippen molar-refractivity contribution in [2.45, 2.75) is 25.4 Å². The van der Waals surface area contributed by atoms with Gasteiger partial charge in [0, 0.05) is 17.7 Å². The predicted molar refractivity (Wildman–Crippen MR) is 77.6 cm³/mol. The molecule has 0 radical (unpaired) electrons. The molecule has 3 amide bonds. The molecule has 2 aliphatic rings. The van der Waals surface area contributed by atoms with Crippen molar-refractivity contribution >= 4 is 11.9 Å². The molecule has 2 heterocycles. The zero-order chi connectivity index (χ0) is 15.1. The van der Waals surface area contributed by atoms with Crippen molar-refractivity contribution < 1.29 is 14.1 Å². The van der Waals surface area contributed by atoms with Gasteiger partial charge >= 0.3 is 6.03 Å². The standard InChI is InChI=1S/C16H15N3O3/c20-15-10-18(12-6-7-12)16(21)19(15)9-13-8-14(17-22-13)11-4-2-1-3-5-11/h1-5,8,12H,6-7,9-10H2. The van der Waals surface area contributed by atoms with Crippen molar-refractivity contribution in [2.75, 3.05) is 6.54 Å². The summed E-state index contributed by atoms with van der Waals surface area (Å²) < 4.78 is 5.27. The van der Waals surface area contributed by atoms with Gasteiger partial charge in [0.2, 0.25) is 0 Å². The summed E-state index contributed by atoms with van der Waals surface area (Å²) in [5, 5.41) is 4.01. The SMILES string of the molecule is O=C1CN(C2CC2)C(=O)N1Cc1cc(-c2ccccc2)no1. The Morgan fingerprint density at radius 3 is 2.68 bits per heavy atom. The van der Waals surface area contributed by atoms with Crippen LogP contribution in [0.5, 0.6) is 0 Å². The molecule has 1 aliphatic carbocycles. The molecule has 6 nitrogen and oxygen atoms in total. The maximum atomic E-state index is 12.2. The molecule has 1 aromatic carbocycles. The third kappa shape index (κ3) is 2.26. The first kappa shape index (κ1) is 13.1. The van der Waals surface area contributed by atoms with E-state index in [1.165, 1.54) is 4.90 Å². The molecule has 2 fully saturated rings. The van der Waals surface area contributed by atoms with Crippen LogP contribution in [0.25, 0.3) is 11.3 Å². The number of hydrogen-bond donors (Lipinski definition) is 0. The van der Waals surface area contributed by atoms with E-state index in [2.05, 4.69) is 5.16 Å². The topological polar surface area (TPSA) is 66.7 Å². The van der Waals surface area contributed by atoms with Crippen LogP contribution >= 0.6 is 0 Å². The molecule has 112 valence electrons. The molecular formula is C16H15N3O3. The molecule has 6 heteroatoms. The van der Waals surface area contributed by atoms with Gasteiger partial charge in [-0.25, -0.2) is 4.79 Å². The summed E-state index contributed by atoms with van der Waals surface area (Å²) in [6.07, 6.45) is 1.99. The third-order valence-electron chi connectivity index (χ3n) is 4.01. The number of imide groups is 1. The number of hydrogen-bond acceptors (Lipinski definition) is 4. The lowest BCUT2D eigenvalue weighted by atomic mass is 10.1. The highest BCUT2D eigenvalue weighted by Gasteiger charge is 2.43. The van der Waals surface area contributed by atoms with Gasteiger partial charge in [-0.15, -0.1) is 0 Å². The van der Waals surface area contributed by atoms with E-state index in [0.717, 1.165) is 18.4 Å². The molecule has 1 saturated carbocycles. The number of carbonyl (C=O) groups is 2. The van der Waals surface area contributed by atoms with Gasteiger partial charge in [-0.05, 0) is 12.8 Å². The number of nitrogens with zero attached hydrogens (tertiary/aromatic N) is 3. The molecule has 2 aromatic rings. The van der Waals surface area contributed by atoms with Gasteiger partial charge in [0.25, 0.3) is 5.91 Å². The number of aromatic nitrogens is 1. The molecule has 1 aliphatic heterocycles. The van der Waals surface area contributed by atoms with Crippen LogP contribution in [0, 0.1) is 0 Å². The largest absolute Gasteiger partial charge is 0.359 e. The Bertz CT molecular complexity index is 721. The Morgan fingerprint density at radius 2 is 1.95 bits per heavy atom. The van der Waals surface area contributed by atoms with Crippen LogP contribution in [-0.2, 0) is 11.3 Å². The molecule has 4 rings (SSSR count). The zero-order valence-corrected chi connectivity index (χ0v) is 11.9. The van der Waals surface area contributed by atoms with Crippen molar-refractivity contribution in [2.24, 2.45) is 0 Å². The molecule has 1 saturated heterocycles. The summed E-state index contributed by atoms with van der Waals surface area (Å²) in [5.74, 6) is 0.341. The van der Waals surface area contributed by atoms with Crippen LogP contribution in [0.2, 0.25) is 0 Å². The fourth-order valence-corrected chi connectivity index (χ4v) is 2.68. The highest BCUT2D eigenvalue weighted by molar-refractivity contribution is 6.02. The van der Waals surface area contributed by atoms with E-state index in [9.17, 15) is 9.59 Å². The molecule has 22 heavy (non-hydrogen) atoms. The van der Waals surface area contributed by atoms with Crippen LogP contribution in [0.1, 0.15) is 18.6 Å². The molecule has 0 spiro atoms. The fraction of sp³-hybridized carbons (Fsp3) is 0.312. The monoisotopic (exact) mass is 297 g/mol. The van der Waals surface area contributed by atoms with Gasteiger partial charge in [-0.3, -0.25) is 9.69 Å². The molecular weight excluding hydrogens is 282 g/mol. The Labute approximate surface area is 127 Å². The smallest absolute Gasteiger partial charge is 0.327 e. The molecule has 0 bridgehead atoms. The number of carbonyl (C=O) groups excluding carboxylic acids is 2. The van der Waals surface area contributed by atoms with Crippen molar-refractivity contribution in [3.8, 4) is 11.3 Å². The minimum Gasteiger partial charge on any atom is -0.359 e. The Kier molecular flexibility index (Phi) is 2.96. The summed E-state index contributed by atoms with van der Waals surface area (Å²) in [4.78, 5) is 27.2. The maximum Gasteiger partial charge on any atom is 0.327 e. The van der Waals surface area contributed by atoms with Crippen molar-refractivity contribution in [3.63, 3.8) is 0 Å². The van der Waals surface area contributed by atoms with Crippen molar-refractivity contribution in [1.29, 1.82) is 0 Å². The molecule has 0 N–H and O–H groups in total. The van der Waals surface area contributed by atoms with E-state index < -0.39 is 0 Å². The fourth-order valence-electron chi connectivity index (χ4n) is 2.68. The average Bonchev–Trinajstić information content (AvgIpc) is 3.21. The highest BCUT2D eigenvalue weighted by atomic mass is 16.5. The van der Waals surface area contributed by atoms with Crippen molar-refractivity contribution in [1.82, 2.24) is 15.0 Å². The second-order valence-electron chi connectivity index (χ2n) is 5.67. The third-order valence-corrected chi connectivity index (χ3v) is 4.01. The Morgan fingerprint density at radius 1 is 1.18 bits per heavy atom. The number of amides is 3. The summed E-state index contributed by atoms with van der Waals surface area (Å²) in [5.41, 5.74) is 1.64. The van der Waals surface area contributed by atoms with Crippen LogP contribution < -0.4 is 0 Å². The van der Waals surface area contributed by atoms with Crippen LogP contribution in [0.4, 0.5) is 4.79 Å². The molecule has 1 aromatic heterocycles. The van der Waals surface area contributed by atoms with E-state index in [1.54, 1.807) is 11.0 Å². The number of benzene rings is 1. The normalized spacial score (nSPS) is 18.4. The number of rotatable bonds is 4. The molecule has 0 atom stereocenters. The second kappa shape index (κ2) is 4.98. The van der Waals surface area contributed by atoms with E-state index in [1.807, 2.05) is 30.3 Å². The van der Waals surface area contributed by atoms with Gasteiger partial charge in [-0.2, -0.15) is 0 Å². The first-order chi connectivity index (χ1) is 10.7. The van der Waals surface area contributed by atoms with E-state index >= 15 is 0 Å². The van der Waals surface area contributed by atoms with Gasteiger partial charge in [0.15, 0.2) is 5.76 Å². The van der Waals surface area contributed by atoms with Gasteiger partial charge < -0.3 is 9.42 Å².